The summed E-state index contributed by atoms with van der Waals surface area (Å²) in [7, 11) is 1.53. The molecular formula is C17H17FN4O2S. The van der Waals surface area contributed by atoms with Crippen LogP contribution >= 0.6 is 11.8 Å². The van der Waals surface area contributed by atoms with E-state index in [1.807, 2.05) is 19.1 Å². The van der Waals surface area contributed by atoms with Gasteiger partial charge in [0.2, 0.25) is 0 Å². The Morgan fingerprint density at radius 3 is 2.64 bits per heavy atom. The van der Waals surface area contributed by atoms with E-state index >= 15 is 0 Å². The number of thioether (sulfide) groups is 1. The summed E-state index contributed by atoms with van der Waals surface area (Å²) in [5, 5.41) is 7.65. The molecule has 1 heterocycles. The Labute approximate surface area is 148 Å². The van der Waals surface area contributed by atoms with Gasteiger partial charge in [-0.05, 0) is 40.4 Å². The van der Waals surface area contributed by atoms with Crippen molar-refractivity contribution in [2.24, 2.45) is 7.05 Å². The zero-order chi connectivity index (χ0) is 17.8. The number of rotatable bonds is 6. The highest BCUT2D eigenvalue weighted by Gasteiger charge is 2.16. The van der Waals surface area contributed by atoms with Gasteiger partial charge in [-0.3, -0.25) is 0 Å². The maximum absolute atomic E-state index is 13.8. The topological polar surface area (TPSA) is 61.9 Å². The third kappa shape index (κ3) is 3.58. The molecule has 0 saturated carbocycles. The minimum absolute atomic E-state index is 0.114. The molecule has 0 radical (unpaired) electrons. The predicted molar refractivity (Wildman–Crippen MR) is 93.7 cm³/mol. The largest absolute Gasteiger partial charge is 0.486 e. The first-order valence-corrected chi connectivity index (χ1v) is 8.71. The minimum atomic E-state index is -0.429. The number of para-hydroxylation sites is 1. The van der Waals surface area contributed by atoms with Crippen molar-refractivity contribution in [3.05, 3.63) is 64.3 Å². The van der Waals surface area contributed by atoms with E-state index in [2.05, 4.69) is 10.4 Å². The summed E-state index contributed by atoms with van der Waals surface area (Å²) in [6.45, 7) is 2.15. The molecule has 0 unspecified atom stereocenters. The molecule has 0 aliphatic carbocycles. The molecule has 0 fully saturated rings. The Hall–Kier alpha value is -2.61. The van der Waals surface area contributed by atoms with Crippen molar-refractivity contribution in [1.29, 1.82) is 0 Å². The molecule has 2 aromatic carbocycles. The Kier molecular flexibility index (Phi) is 5.18. The number of aromatic nitrogens is 4. The quantitative estimate of drug-likeness (QED) is 0.633. The van der Waals surface area contributed by atoms with Gasteiger partial charge >= 0.3 is 5.69 Å². The average molecular weight is 360 g/mol. The number of benzene rings is 2. The van der Waals surface area contributed by atoms with Crippen molar-refractivity contribution in [2.75, 3.05) is 5.75 Å². The molecule has 0 saturated heterocycles. The third-order valence-corrected chi connectivity index (χ3v) is 4.55. The van der Waals surface area contributed by atoms with Crippen molar-refractivity contribution in [3.63, 3.8) is 0 Å². The van der Waals surface area contributed by atoms with Gasteiger partial charge in [-0.25, -0.2) is 9.18 Å². The van der Waals surface area contributed by atoms with Gasteiger partial charge in [-0.2, -0.15) is 9.36 Å². The van der Waals surface area contributed by atoms with Crippen LogP contribution in [0, 0.1) is 5.82 Å². The highest BCUT2D eigenvalue weighted by atomic mass is 32.2. The Morgan fingerprint density at radius 2 is 1.96 bits per heavy atom. The van der Waals surface area contributed by atoms with Gasteiger partial charge < -0.3 is 4.74 Å². The summed E-state index contributed by atoms with van der Waals surface area (Å²) in [4.78, 5) is 13.2. The van der Waals surface area contributed by atoms with Crippen molar-refractivity contribution < 1.29 is 9.13 Å². The third-order valence-electron chi connectivity index (χ3n) is 3.57. The van der Waals surface area contributed by atoms with E-state index in [-0.39, 0.29) is 18.0 Å². The Balaban J connectivity index is 2.02. The molecular weight excluding hydrogens is 343 g/mol. The van der Waals surface area contributed by atoms with E-state index < -0.39 is 5.82 Å². The number of nitrogens with zero attached hydrogens (tertiary/aromatic N) is 4. The van der Waals surface area contributed by atoms with Crippen LogP contribution < -0.4 is 10.4 Å². The van der Waals surface area contributed by atoms with Crippen LogP contribution in [-0.2, 0) is 13.7 Å². The average Bonchev–Trinajstić information content (AvgIpc) is 2.94. The molecule has 0 aliphatic rings. The second-order valence-electron chi connectivity index (χ2n) is 5.20. The van der Waals surface area contributed by atoms with Crippen molar-refractivity contribution in [3.8, 4) is 11.4 Å². The van der Waals surface area contributed by atoms with Gasteiger partial charge in [0, 0.05) is 17.5 Å². The van der Waals surface area contributed by atoms with E-state index in [9.17, 15) is 9.18 Å². The maximum Gasteiger partial charge on any atom is 0.368 e. The molecule has 0 N–H and O–H groups in total. The number of hydrogen-bond acceptors (Lipinski definition) is 5. The number of tetrazole rings is 1. The lowest BCUT2D eigenvalue weighted by Gasteiger charge is -2.14. The van der Waals surface area contributed by atoms with Crippen LogP contribution in [0.15, 0.2) is 52.2 Å². The number of ether oxygens (including phenoxy) is 1. The van der Waals surface area contributed by atoms with Crippen LogP contribution in [0.25, 0.3) is 5.69 Å². The molecule has 0 atom stereocenters. The second-order valence-corrected chi connectivity index (χ2v) is 6.51. The fourth-order valence-corrected chi connectivity index (χ4v) is 3.19. The first-order chi connectivity index (χ1) is 12.1. The molecule has 0 spiro atoms. The Morgan fingerprint density at radius 1 is 1.16 bits per heavy atom. The molecule has 6 nitrogen and oxygen atoms in total. The van der Waals surface area contributed by atoms with Crippen LogP contribution in [0.2, 0.25) is 0 Å². The lowest BCUT2D eigenvalue weighted by Crippen LogP contribution is -2.23. The van der Waals surface area contributed by atoms with Gasteiger partial charge in [0.05, 0.1) is 5.69 Å². The summed E-state index contributed by atoms with van der Waals surface area (Å²) in [6.07, 6.45) is 0. The molecule has 0 aliphatic heterocycles. The lowest BCUT2D eigenvalue weighted by molar-refractivity contribution is 0.287. The zero-order valence-corrected chi connectivity index (χ0v) is 14.7. The second kappa shape index (κ2) is 7.52. The Bertz CT molecular complexity index is 938. The van der Waals surface area contributed by atoms with Gasteiger partial charge in [-0.15, -0.1) is 11.8 Å². The van der Waals surface area contributed by atoms with E-state index in [1.165, 1.54) is 17.8 Å². The highest BCUT2D eigenvalue weighted by molar-refractivity contribution is 7.99. The van der Waals surface area contributed by atoms with E-state index in [4.69, 9.17) is 4.74 Å². The molecule has 3 rings (SSSR count). The van der Waals surface area contributed by atoms with E-state index in [0.29, 0.717) is 5.69 Å². The van der Waals surface area contributed by atoms with Crippen LogP contribution in [0.5, 0.6) is 5.75 Å². The summed E-state index contributed by atoms with van der Waals surface area (Å²) in [5.74, 6) is 0.587. The SMILES string of the molecule is CCSc1cccc(-n2nnn(C)c2=O)c1COc1ccccc1F. The summed E-state index contributed by atoms with van der Waals surface area (Å²) in [6, 6.07) is 11.8. The maximum atomic E-state index is 13.8. The molecule has 3 aromatic rings. The smallest absolute Gasteiger partial charge is 0.368 e. The van der Waals surface area contributed by atoms with Crippen LogP contribution in [0.3, 0.4) is 0 Å². The number of hydrogen-bond donors (Lipinski definition) is 0. The molecule has 0 amide bonds. The van der Waals surface area contributed by atoms with Crippen molar-refractivity contribution >= 4 is 11.8 Å². The van der Waals surface area contributed by atoms with Gasteiger partial charge in [0.15, 0.2) is 11.6 Å². The summed E-state index contributed by atoms with van der Waals surface area (Å²) < 4.78 is 21.9. The molecule has 25 heavy (non-hydrogen) atoms. The lowest BCUT2D eigenvalue weighted by atomic mass is 10.2. The zero-order valence-electron chi connectivity index (χ0n) is 13.8. The molecule has 130 valence electrons. The summed E-state index contributed by atoms with van der Waals surface area (Å²) >= 11 is 1.62. The minimum Gasteiger partial charge on any atom is -0.486 e. The monoisotopic (exact) mass is 360 g/mol. The normalized spacial score (nSPS) is 10.8. The predicted octanol–water partition coefficient (Wildman–Crippen LogP) is 2.80. The van der Waals surface area contributed by atoms with Gasteiger partial charge in [0.25, 0.3) is 0 Å². The first-order valence-electron chi connectivity index (χ1n) is 7.73. The first kappa shape index (κ1) is 17.2. The van der Waals surface area contributed by atoms with Crippen LogP contribution in [-0.4, -0.2) is 25.5 Å². The van der Waals surface area contributed by atoms with Crippen molar-refractivity contribution in [2.45, 2.75) is 18.4 Å². The fraction of sp³-hybridized carbons (Fsp3) is 0.235. The molecule has 0 bridgehead atoms. The molecule has 8 heteroatoms. The van der Waals surface area contributed by atoms with E-state index in [1.54, 1.807) is 36.0 Å². The fourth-order valence-electron chi connectivity index (χ4n) is 2.36. The number of halogens is 1. The number of aryl methyl sites for hydroxylation is 1. The van der Waals surface area contributed by atoms with Crippen LogP contribution in [0.4, 0.5) is 4.39 Å². The summed E-state index contributed by atoms with van der Waals surface area (Å²) in [5.41, 5.74) is 0.985. The molecule has 1 aromatic heterocycles. The van der Waals surface area contributed by atoms with Gasteiger partial charge in [-0.1, -0.05) is 25.1 Å². The van der Waals surface area contributed by atoms with Gasteiger partial charge in [0.1, 0.15) is 6.61 Å². The highest BCUT2D eigenvalue weighted by Crippen LogP contribution is 2.28. The van der Waals surface area contributed by atoms with Crippen LogP contribution in [0.1, 0.15) is 12.5 Å². The standard InChI is InChI=1S/C17H17FN4O2S/c1-3-25-16-10-6-8-14(22-17(23)21(2)19-20-22)12(16)11-24-15-9-5-4-7-13(15)18/h4-10H,3,11H2,1-2H3. The van der Waals surface area contributed by atoms with Crippen molar-refractivity contribution in [1.82, 2.24) is 19.8 Å². The van der Waals surface area contributed by atoms with E-state index in [0.717, 1.165) is 20.9 Å².